The van der Waals surface area contributed by atoms with E-state index in [0.29, 0.717) is 13.0 Å². The van der Waals surface area contributed by atoms with Crippen molar-refractivity contribution in [3.05, 3.63) is 29.8 Å². The van der Waals surface area contributed by atoms with Gasteiger partial charge in [0.1, 0.15) is 11.6 Å². The van der Waals surface area contributed by atoms with E-state index in [9.17, 15) is 0 Å². The average molecular weight is 238 g/mol. The van der Waals surface area contributed by atoms with Crippen LogP contribution in [0.3, 0.4) is 0 Å². The van der Waals surface area contributed by atoms with Gasteiger partial charge in [-0.2, -0.15) is 0 Å². The Morgan fingerprint density at radius 2 is 2.18 bits per heavy atom. The second kappa shape index (κ2) is 7.51. The number of ether oxygens (including phenoxy) is 1. The Kier molecular flexibility index (Phi) is 5.88. The third-order valence-electron chi connectivity index (χ3n) is 2.31. The maximum Gasteiger partial charge on any atom is 0.139 e. The van der Waals surface area contributed by atoms with Gasteiger partial charge >= 0.3 is 0 Å². The number of nitrogens with two attached hydrogens (primary N) is 1. The Balaban J connectivity index is 2.22. The summed E-state index contributed by atoms with van der Waals surface area (Å²) in [5.41, 5.74) is 6.17. The number of rotatable bonds is 7. The molecule has 0 fully saturated rings. The number of unbranched alkanes of at least 4 members (excludes halogenated alkanes) is 1. The summed E-state index contributed by atoms with van der Waals surface area (Å²) in [6.07, 6.45) is 2.21. The van der Waals surface area contributed by atoms with E-state index in [1.54, 1.807) is 0 Å². The quantitative estimate of drug-likeness (QED) is 0.221. The van der Waals surface area contributed by atoms with Gasteiger partial charge in [-0.15, -0.1) is 0 Å². The van der Waals surface area contributed by atoms with Crippen LogP contribution >= 0.6 is 0 Å². The molecule has 0 aliphatic carbocycles. The summed E-state index contributed by atoms with van der Waals surface area (Å²) in [5.74, 6) is 0.993. The molecule has 5 nitrogen and oxygen atoms in total. The topological polar surface area (TPSA) is 88.1 Å². The van der Waals surface area contributed by atoms with Crippen LogP contribution in [-0.2, 0) is 6.61 Å². The van der Waals surface area contributed by atoms with Crippen LogP contribution in [0.25, 0.3) is 0 Å². The molecule has 5 heteroatoms. The van der Waals surface area contributed by atoms with Crippen molar-refractivity contribution in [1.29, 1.82) is 0 Å². The van der Waals surface area contributed by atoms with Gasteiger partial charge in [0.15, 0.2) is 0 Å². The molecule has 0 aromatic heterocycles. The predicted molar refractivity (Wildman–Crippen MR) is 65.1 cm³/mol. The summed E-state index contributed by atoms with van der Waals surface area (Å²) in [6.45, 7) is 0.592. The molecule has 0 radical (unpaired) electrons. The summed E-state index contributed by atoms with van der Waals surface area (Å²) < 4.78 is 5.51. The van der Waals surface area contributed by atoms with Crippen LogP contribution < -0.4 is 10.5 Å². The highest BCUT2D eigenvalue weighted by atomic mass is 16.5. The van der Waals surface area contributed by atoms with Crippen molar-refractivity contribution >= 4 is 5.84 Å². The lowest BCUT2D eigenvalue weighted by molar-refractivity contribution is 0.278. The fourth-order valence-electron chi connectivity index (χ4n) is 1.38. The van der Waals surface area contributed by atoms with Crippen LogP contribution in [0, 0.1) is 0 Å². The first kappa shape index (κ1) is 13.3. The van der Waals surface area contributed by atoms with E-state index in [0.717, 1.165) is 24.2 Å². The highest BCUT2D eigenvalue weighted by molar-refractivity contribution is 5.79. The Bertz CT molecular complexity index is 367. The van der Waals surface area contributed by atoms with Gasteiger partial charge in [0, 0.05) is 6.42 Å². The summed E-state index contributed by atoms with van der Waals surface area (Å²) in [6, 6.07) is 7.34. The SMILES string of the molecule is NC(CCCCOc1cccc(CO)c1)=NO. The van der Waals surface area contributed by atoms with Crippen molar-refractivity contribution in [2.24, 2.45) is 10.9 Å². The minimum atomic E-state index is 0.0146. The lowest BCUT2D eigenvalue weighted by atomic mass is 10.2. The molecule has 1 rings (SSSR count). The fraction of sp³-hybridized carbons (Fsp3) is 0.417. The zero-order valence-corrected chi connectivity index (χ0v) is 9.67. The standard InChI is InChI=1S/C12H18N2O3/c13-12(14-16)6-1-2-7-17-11-5-3-4-10(8-11)9-15/h3-5,8,15-16H,1-2,6-7,9H2,(H2,13,14). The molecule has 0 bridgehead atoms. The summed E-state index contributed by atoms with van der Waals surface area (Å²) in [7, 11) is 0. The Hall–Kier alpha value is -1.75. The molecule has 0 amide bonds. The van der Waals surface area contributed by atoms with Crippen LogP contribution in [0.1, 0.15) is 24.8 Å². The lowest BCUT2D eigenvalue weighted by Crippen LogP contribution is -2.11. The first-order valence-electron chi connectivity index (χ1n) is 5.55. The van der Waals surface area contributed by atoms with Crippen LogP contribution in [0.5, 0.6) is 5.75 Å². The van der Waals surface area contributed by atoms with Crippen molar-refractivity contribution in [2.45, 2.75) is 25.9 Å². The molecule has 0 saturated carbocycles. The van der Waals surface area contributed by atoms with E-state index in [1.807, 2.05) is 24.3 Å². The molecule has 0 saturated heterocycles. The average Bonchev–Trinajstić information content (AvgIpc) is 2.38. The highest BCUT2D eigenvalue weighted by Gasteiger charge is 1.97. The van der Waals surface area contributed by atoms with E-state index in [1.165, 1.54) is 0 Å². The number of aliphatic hydroxyl groups is 1. The van der Waals surface area contributed by atoms with Crippen LogP contribution in [0.4, 0.5) is 0 Å². The molecular weight excluding hydrogens is 220 g/mol. The van der Waals surface area contributed by atoms with Gasteiger partial charge in [-0.3, -0.25) is 0 Å². The number of hydrogen-bond donors (Lipinski definition) is 3. The Labute approximate surface area is 101 Å². The molecular formula is C12H18N2O3. The number of nitrogens with zero attached hydrogens (tertiary/aromatic N) is 1. The highest BCUT2D eigenvalue weighted by Crippen LogP contribution is 2.13. The van der Waals surface area contributed by atoms with Crippen molar-refractivity contribution in [2.75, 3.05) is 6.61 Å². The molecule has 0 aliphatic rings. The first-order chi connectivity index (χ1) is 8.26. The van der Waals surface area contributed by atoms with Crippen molar-refractivity contribution in [3.8, 4) is 5.75 Å². The molecule has 1 aromatic carbocycles. The van der Waals surface area contributed by atoms with E-state index >= 15 is 0 Å². The number of amidine groups is 1. The molecule has 0 aliphatic heterocycles. The van der Waals surface area contributed by atoms with E-state index in [4.69, 9.17) is 20.8 Å². The van der Waals surface area contributed by atoms with Crippen LogP contribution in [0.15, 0.2) is 29.4 Å². The maximum atomic E-state index is 8.95. The molecule has 0 atom stereocenters. The van der Waals surface area contributed by atoms with Gasteiger partial charge in [0.2, 0.25) is 0 Å². The van der Waals surface area contributed by atoms with Gasteiger partial charge in [-0.25, -0.2) is 0 Å². The van der Waals surface area contributed by atoms with Crippen molar-refractivity contribution in [3.63, 3.8) is 0 Å². The minimum Gasteiger partial charge on any atom is -0.494 e. The normalized spacial score (nSPS) is 11.5. The minimum absolute atomic E-state index is 0.0146. The number of hydrogen-bond acceptors (Lipinski definition) is 4. The first-order valence-corrected chi connectivity index (χ1v) is 5.55. The summed E-state index contributed by atoms with van der Waals surface area (Å²) in [4.78, 5) is 0. The van der Waals surface area contributed by atoms with Gasteiger partial charge in [-0.1, -0.05) is 17.3 Å². The lowest BCUT2D eigenvalue weighted by Gasteiger charge is -2.06. The number of oxime groups is 1. The largest absolute Gasteiger partial charge is 0.494 e. The maximum absolute atomic E-state index is 8.95. The van der Waals surface area contributed by atoms with Crippen LogP contribution in [-0.4, -0.2) is 22.8 Å². The second-order valence-electron chi connectivity index (χ2n) is 3.70. The third-order valence-corrected chi connectivity index (χ3v) is 2.31. The van der Waals surface area contributed by atoms with Gasteiger partial charge in [0.05, 0.1) is 13.2 Å². The molecule has 0 unspecified atom stereocenters. The van der Waals surface area contributed by atoms with Crippen molar-refractivity contribution in [1.82, 2.24) is 0 Å². The molecule has 1 aromatic rings. The predicted octanol–water partition coefficient (Wildman–Crippen LogP) is 1.47. The monoisotopic (exact) mass is 238 g/mol. The zero-order valence-electron chi connectivity index (χ0n) is 9.67. The molecule has 94 valence electrons. The Morgan fingerprint density at radius 1 is 1.35 bits per heavy atom. The summed E-state index contributed by atoms with van der Waals surface area (Å²) in [5, 5.41) is 20.2. The fourth-order valence-corrected chi connectivity index (χ4v) is 1.38. The smallest absolute Gasteiger partial charge is 0.139 e. The molecule has 4 N–H and O–H groups in total. The van der Waals surface area contributed by atoms with Gasteiger partial charge in [0.25, 0.3) is 0 Å². The number of benzene rings is 1. The van der Waals surface area contributed by atoms with Crippen molar-refractivity contribution < 1.29 is 15.1 Å². The summed E-state index contributed by atoms with van der Waals surface area (Å²) >= 11 is 0. The molecule has 0 heterocycles. The second-order valence-corrected chi connectivity index (χ2v) is 3.70. The zero-order chi connectivity index (χ0) is 12.5. The van der Waals surface area contributed by atoms with Crippen LogP contribution in [0.2, 0.25) is 0 Å². The van der Waals surface area contributed by atoms with Gasteiger partial charge in [-0.05, 0) is 30.5 Å². The van der Waals surface area contributed by atoms with E-state index in [2.05, 4.69) is 5.16 Å². The van der Waals surface area contributed by atoms with E-state index < -0.39 is 0 Å². The van der Waals surface area contributed by atoms with Gasteiger partial charge < -0.3 is 20.8 Å². The van der Waals surface area contributed by atoms with E-state index in [-0.39, 0.29) is 12.4 Å². The Morgan fingerprint density at radius 3 is 2.88 bits per heavy atom. The third kappa shape index (κ3) is 5.21. The molecule has 17 heavy (non-hydrogen) atoms. The molecule has 0 spiro atoms. The number of aliphatic hydroxyl groups excluding tert-OH is 1.